The van der Waals surface area contributed by atoms with Gasteiger partial charge in [-0.1, -0.05) is 73.8 Å². The predicted molar refractivity (Wildman–Crippen MR) is 164 cm³/mol. The van der Waals surface area contributed by atoms with Crippen molar-refractivity contribution >= 4 is 28.6 Å². The molecule has 0 aromatic carbocycles. The molecule has 0 aromatic rings. The lowest BCUT2D eigenvalue weighted by Crippen LogP contribution is -2.66. The molecule has 0 spiro atoms. The molecule has 5 heteroatoms. The average Bonchev–Trinajstić information content (AvgIpc) is 2.88. The Morgan fingerprint density at radius 3 is 2.27 bits per heavy atom. The minimum Gasteiger partial charge on any atom is -0.462 e. The van der Waals surface area contributed by atoms with Crippen LogP contribution in [-0.4, -0.2) is 23.1 Å². The second-order valence-corrected chi connectivity index (χ2v) is 17.2. The SMILES string of the molecule is CCCCCC(=O)O[C@H]1CC[C@]2(C)[C@H]3C(=O)C=C4[C@@H]5C[C@@](C)(C(=O)Cl)CC[C@]5(C)CC[C@@]4(C)[C@]3(C)CC[C@H]2C1(C)C. The monoisotopic (exact) mass is 586 g/mol. The number of fused-ring (bicyclic) bond motifs is 7. The number of hydrogen-bond acceptors (Lipinski definition) is 4. The molecule has 4 nitrogen and oxygen atoms in total. The lowest BCUT2D eigenvalue weighted by molar-refractivity contribution is -0.211. The van der Waals surface area contributed by atoms with E-state index in [1.54, 1.807) is 0 Å². The summed E-state index contributed by atoms with van der Waals surface area (Å²) in [4.78, 5) is 39.8. The van der Waals surface area contributed by atoms with Gasteiger partial charge in [0.2, 0.25) is 5.24 Å². The van der Waals surface area contributed by atoms with Crippen molar-refractivity contribution < 1.29 is 19.1 Å². The van der Waals surface area contributed by atoms with Gasteiger partial charge in [-0.05, 0) is 115 Å². The largest absolute Gasteiger partial charge is 0.462 e. The number of carbonyl (C=O) groups is 3. The minimum atomic E-state index is -0.522. The van der Waals surface area contributed by atoms with Crippen LogP contribution in [0.4, 0.5) is 0 Å². The predicted octanol–water partition coefficient (Wildman–Crippen LogP) is 9.22. The fourth-order valence-electron chi connectivity index (χ4n) is 11.3. The number of ether oxygens (including phenoxy) is 1. The Hall–Kier alpha value is -1.16. The van der Waals surface area contributed by atoms with Gasteiger partial charge in [-0.15, -0.1) is 0 Å². The van der Waals surface area contributed by atoms with Gasteiger partial charge < -0.3 is 4.74 Å². The summed E-state index contributed by atoms with van der Waals surface area (Å²) >= 11 is 6.19. The van der Waals surface area contributed by atoms with E-state index in [9.17, 15) is 14.4 Å². The first-order valence-corrected chi connectivity index (χ1v) is 17.0. The second kappa shape index (κ2) is 10.2. The summed E-state index contributed by atoms with van der Waals surface area (Å²) in [5, 5.41) is -0.225. The molecule has 0 radical (unpaired) electrons. The van der Waals surface area contributed by atoms with Crippen LogP contribution in [0.15, 0.2) is 11.6 Å². The van der Waals surface area contributed by atoms with Gasteiger partial charge in [-0.2, -0.15) is 0 Å². The molecule has 0 heterocycles. The summed E-state index contributed by atoms with van der Waals surface area (Å²) in [6.07, 6.45) is 14.1. The van der Waals surface area contributed by atoms with Crippen LogP contribution in [-0.2, 0) is 19.1 Å². The normalized spacial score (nSPS) is 46.8. The van der Waals surface area contributed by atoms with Crippen molar-refractivity contribution in [3.05, 3.63) is 11.6 Å². The van der Waals surface area contributed by atoms with Crippen molar-refractivity contribution in [2.45, 2.75) is 145 Å². The highest BCUT2D eigenvalue weighted by Gasteiger charge is 2.70. The number of halogens is 1. The van der Waals surface area contributed by atoms with Crippen molar-refractivity contribution in [1.29, 1.82) is 0 Å². The van der Waals surface area contributed by atoms with Crippen molar-refractivity contribution in [2.24, 2.45) is 50.2 Å². The molecule has 4 fully saturated rings. The van der Waals surface area contributed by atoms with E-state index >= 15 is 0 Å². The number of ketones is 1. The molecule has 9 atom stereocenters. The van der Waals surface area contributed by atoms with Crippen LogP contribution in [0.3, 0.4) is 0 Å². The molecule has 5 aliphatic rings. The van der Waals surface area contributed by atoms with E-state index in [-0.39, 0.29) is 56.2 Å². The summed E-state index contributed by atoms with van der Waals surface area (Å²) in [6.45, 7) is 18.4. The van der Waals surface area contributed by atoms with E-state index in [4.69, 9.17) is 16.3 Å². The lowest BCUT2D eigenvalue weighted by atomic mass is 9.33. The second-order valence-electron chi connectivity index (χ2n) is 16.8. The number of carbonyl (C=O) groups excluding carboxylic acids is 3. The molecule has 5 rings (SSSR count). The topological polar surface area (TPSA) is 60.4 Å². The first kappa shape index (κ1) is 31.3. The van der Waals surface area contributed by atoms with Crippen LogP contribution < -0.4 is 0 Å². The lowest BCUT2D eigenvalue weighted by Gasteiger charge is -2.70. The van der Waals surface area contributed by atoms with Gasteiger partial charge in [0.25, 0.3) is 0 Å². The molecule has 5 aliphatic carbocycles. The average molecular weight is 587 g/mol. The third-order valence-electron chi connectivity index (χ3n) is 14.2. The van der Waals surface area contributed by atoms with Crippen molar-refractivity contribution in [3.8, 4) is 0 Å². The number of unbranched alkanes of at least 4 members (excludes halogenated alkanes) is 2. The first-order valence-electron chi connectivity index (χ1n) is 16.6. The molecule has 41 heavy (non-hydrogen) atoms. The quantitative estimate of drug-likeness (QED) is 0.177. The van der Waals surface area contributed by atoms with E-state index in [1.807, 2.05) is 6.92 Å². The molecular weight excluding hydrogens is 532 g/mol. The van der Waals surface area contributed by atoms with Crippen LogP contribution in [0, 0.1) is 50.2 Å². The Bertz CT molecular complexity index is 1140. The molecule has 230 valence electrons. The highest BCUT2D eigenvalue weighted by molar-refractivity contribution is 6.64. The number of allylic oxidation sites excluding steroid dienone is 2. The Labute approximate surface area is 254 Å². The number of esters is 1. The van der Waals surface area contributed by atoms with E-state index in [0.29, 0.717) is 18.1 Å². The van der Waals surface area contributed by atoms with Gasteiger partial charge in [0.1, 0.15) is 6.10 Å². The van der Waals surface area contributed by atoms with Crippen LogP contribution >= 0.6 is 11.6 Å². The Kier molecular flexibility index (Phi) is 7.78. The van der Waals surface area contributed by atoms with Gasteiger partial charge in [-0.25, -0.2) is 0 Å². The molecule has 0 aliphatic heterocycles. The van der Waals surface area contributed by atoms with E-state index in [1.165, 1.54) is 5.57 Å². The maximum absolute atomic E-state index is 14.5. The molecule has 4 saturated carbocycles. The van der Waals surface area contributed by atoms with Crippen molar-refractivity contribution in [2.75, 3.05) is 0 Å². The molecule has 0 bridgehead atoms. The summed E-state index contributed by atoms with van der Waals surface area (Å²) < 4.78 is 6.18. The highest BCUT2D eigenvalue weighted by Crippen LogP contribution is 2.75. The zero-order chi connectivity index (χ0) is 30.2. The van der Waals surface area contributed by atoms with Crippen LogP contribution in [0.5, 0.6) is 0 Å². The molecule has 0 amide bonds. The summed E-state index contributed by atoms with van der Waals surface area (Å²) in [5.74, 6) is 0.728. The van der Waals surface area contributed by atoms with Gasteiger partial charge in [0, 0.05) is 23.2 Å². The van der Waals surface area contributed by atoms with Crippen LogP contribution in [0.25, 0.3) is 0 Å². The maximum atomic E-state index is 14.5. The zero-order valence-electron chi connectivity index (χ0n) is 27.1. The summed E-state index contributed by atoms with van der Waals surface area (Å²) in [6, 6.07) is 0. The number of hydrogen-bond donors (Lipinski definition) is 0. The van der Waals surface area contributed by atoms with E-state index in [2.05, 4.69) is 54.5 Å². The third kappa shape index (κ3) is 4.53. The van der Waals surface area contributed by atoms with Crippen molar-refractivity contribution in [3.63, 3.8) is 0 Å². The van der Waals surface area contributed by atoms with Gasteiger partial charge in [0.05, 0.1) is 0 Å². The highest BCUT2D eigenvalue weighted by atomic mass is 35.5. The summed E-state index contributed by atoms with van der Waals surface area (Å²) in [7, 11) is 0. The molecule has 0 saturated heterocycles. The molecule has 0 unspecified atom stereocenters. The fourth-order valence-corrected chi connectivity index (χ4v) is 11.5. The van der Waals surface area contributed by atoms with Gasteiger partial charge >= 0.3 is 5.97 Å². The van der Waals surface area contributed by atoms with E-state index < -0.39 is 5.41 Å². The van der Waals surface area contributed by atoms with E-state index in [0.717, 1.165) is 77.0 Å². The van der Waals surface area contributed by atoms with Gasteiger partial charge in [-0.3, -0.25) is 14.4 Å². The maximum Gasteiger partial charge on any atom is 0.306 e. The molecule has 0 N–H and O–H groups in total. The Balaban J connectivity index is 1.48. The Morgan fingerprint density at radius 2 is 1.61 bits per heavy atom. The number of rotatable bonds is 6. The minimum absolute atomic E-state index is 0.0445. The third-order valence-corrected chi connectivity index (χ3v) is 14.7. The smallest absolute Gasteiger partial charge is 0.306 e. The fraction of sp³-hybridized carbons (Fsp3) is 0.861. The first-order chi connectivity index (χ1) is 19.0. The molecular formula is C36H55ClO4. The standard InChI is InChI=1S/C36H55ClO4/c1-9-10-11-12-28(39)41-27-14-15-34(6)26(31(27,2)3)13-16-36(8)29(34)25(38)21-23-24-22-33(5,30(37)40)18-17-32(24,4)19-20-35(23,36)7/h21,24,26-27,29H,9-20,22H2,1-8H3/t24-,26-,27-,29+,32+,33-,34-,35+,36+/m0/s1. The zero-order valence-corrected chi connectivity index (χ0v) is 27.8. The molecule has 0 aromatic heterocycles. The van der Waals surface area contributed by atoms with Crippen LogP contribution in [0.1, 0.15) is 139 Å². The Morgan fingerprint density at radius 1 is 0.927 bits per heavy atom. The van der Waals surface area contributed by atoms with Crippen LogP contribution in [0.2, 0.25) is 0 Å². The van der Waals surface area contributed by atoms with Gasteiger partial charge in [0.15, 0.2) is 5.78 Å². The summed E-state index contributed by atoms with van der Waals surface area (Å²) in [5.41, 5.74) is 0.363. The van der Waals surface area contributed by atoms with Crippen molar-refractivity contribution in [1.82, 2.24) is 0 Å².